The number of unbranched alkanes of at least 4 members (excludes halogenated alkanes) is 3. The van der Waals surface area contributed by atoms with E-state index in [2.05, 4.69) is 27.9 Å². The molecule has 0 unspecified atom stereocenters. The summed E-state index contributed by atoms with van der Waals surface area (Å²) >= 11 is 0. The van der Waals surface area contributed by atoms with Crippen LogP contribution in [0.3, 0.4) is 0 Å². The Morgan fingerprint density at radius 1 is 1.10 bits per heavy atom. The predicted molar refractivity (Wildman–Crippen MR) is 86.0 cm³/mol. The molecule has 0 rings (SSSR count). The van der Waals surface area contributed by atoms with Gasteiger partial charge in [0.1, 0.15) is 0 Å². The molecule has 0 heterocycles. The lowest BCUT2D eigenvalue weighted by molar-refractivity contribution is -0.121. The minimum Gasteiger partial charge on any atom is -0.357 e. The minimum atomic E-state index is 0.0753. The maximum atomic E-state index is 11.5. The van der Waals surface area contributed by atoms with Gasteiger partial charge in [-0.3, -0.25) is 9.79 Å². The molecule has 0 aliphatic carbocycles. The van der Waals surface area contributed by atoms with Crippen LogP contribution in [-0.4, -0.2) is 37.5 Å². The summed E-state index contributed by atoms with van der Waals surface area (Å²) in [5.41, 5.74) is 0. The van der Waals surface area contributed by atoms with Crippen molar-refractivity contribution in [3.05, 3.63) is 0 Å². The Hall–Kier alpha value is -1.26. The summed E-state index contributed by atoms with van der Waals surface area (Å²) in [7, 11) is 0. The van der Waals surface area contributed by atoms with Gasteiger partial charge < -0.3 is 16.0 Å². The van der Waals surface area contributed by atoms with Crippen LogP contribution in [0, 0.1) is 0 Å². The lowest BCUT2D eigenvalue weighted by atomic mass is 10.2. The maximum Gasteiger partial charge on any atom is 0.221 e. The summed E-state index contributed by atoms with van der Waals surface area (Å²) in [6.45, 7) is 10.5. The highest BCUT2D eigenvalue weighted by molar-refractivity contribution is 5.81. The van der Waals surface area contributed by atoms with Gasteiger partial charge in [0.2, 0.25) is 5.91 Å². The minimum absolute atomic E-state index is 0.0753. The molecule has 0 aromatic heterocycles. The van der Waals surface area contributed by atoms with E-state index in [1.54, 1.807) is 0 Å². The van der Waals surface area contributed by atoms with Gasteiger partial charge in [0.15, 0.2) is 5.96 Å². The zero-order valence-electron chi connectivity index (χ0n) is 13.6. The molecule has 0 saturated heterocycles. The molecule has 3 N–H and O–H groups in total. The van der Waals surface area contributed by atoms with E-state index in [0.29, 0.717) is 13.0 Å². The van der Waals surface area contributed by atoms with Crippen molar-refractivity contribution in [1.82, 2.24) is 16.0 Å². The van der Waals surface area contributed by atoms with Crippen LogP contribution in [0.5, 0.6) is 0 Å². The van der Waals surface area contributed by atoms with E-state index in [1.807, 2.05) is 20.8 Å². The zero-order chi connectivity index (χ0) is 15.2. The summed E-state index contributed by atoms with van der Waals surface area (Å²) in [4.78, 5) is 16.0. The Bertz CT molecular complexity index is 277. The highest BCUT2D eigenvalue weighted by Gasteiger charge is 2.03. The summed E-state index contributed by atoms with van der Waals surface area (Å²) < 4.78 is 0. The van der Waals surface area contributed by atoms with Gasteiger partial charge in [0, 0.05) is 32.1 Å². The van der Waals surface area contributed by atoms with Crippen LogP contribution in [0.1, 0.15) is 59.8 Å². The Morgan fingerprint density at radius 3 is 2.45 bits per heavy atom. The van der Waals surface area contributed by atoms with Crippen molar-refractivity contribution in [3.63, 3.8) is 0 Å². The van der Waals surface area contributed by atoms with Gasteiger partial charge in [-0.25, -0.2) is 0 Å². The molecule has 0 saturated carbocycles. The van der Waals surface area contributed by atoms with E-state index in [4.69, 9.17) is 0 Å². The van der Waals surface area contributed by atoms with E-state index in [9.17, 15) is 4.79 Å². The first-order valence-electron chi connectivity index (χ1n) is 7.91. The van der Waals surface area contributed by atoms with E-state index < -0.39 is 0 Å². The van der Waals surface area contributed by atoms with Crippen molar-refractivity contribution in [2.24, 2.45) is 4.99 Å². The quantitative estimate of drug-likeness (QED) is 0.327. The Balaban J connectivity index is 3.89. The predicted octanol–water partition coefficient (Wildman–Crippen LogP) is 2.04. The fourth-order valence-corrected chi connectivity index (χ4v) is 1.76. The van der Waals surface area contributed by atoms with Gasteiger partial charge in [0.05, 0.1) is 0 Å². The first-order valence-corrected chi connectivity index (χ1v) is 7.91. The normalized spacial score (nSPS) is 11.6. The summed E-state index contributed by atoms with van der Waals surface area (Å²) in [6.07, 6.45) is 5.34. The lowest BCUT2D eigenvalue weighted by Gasteiger charge is -2.12. The molecule has 0 atom stereocenters. The maximum absolute atomic E-state index is 11.5. The summed E-state index contributed by atoms with van der Waals surface area (Å²) in [5, 5.41) is 9.26. The smallest absolute Gasteiger partial charge is 0.221 e. The molecule has 0 spiro atoms. The highest BCUT2D eigenvalue weighted by Crippen LogP contribution is 1.98. The molecular weight excluding hydrogens is 252 g/mol. The molecular formula is C15H32N4O. The Kier molecular flexibility index (Phi) is 12.0. The fraction of sp³-hybridized carbons (Fsp3) is 0.867. The lowest BCUT2D eigenvalue weighted by Crippen LogP contribution is -2.40. The average molecular weight is 284 g/mol. The van der Waals surface area contributed by atoms with Gasteiger partial charge in [-0.2, -0.15) is 0 Å². The van der Waals surface area contributed by atoms with Crippen LogP contribution in [0.2, 0.25) is 0 Å². The van der Waals surface area contributed by atoms with Crippen LogP contribution in [0.25, 0.3) is 0 Å². The van der Waals surface area contributed by atoms with Crippen LogP contribution < -0.4 is 16.0 Å². The van der Waals surface area contributed by atoms with Crippen molar-refractivity contribution >= 4 is 11.9 Å². The molecule has 0 radical (unpaired) electrons. The number of guanidine groups is 1. The molecule has 0 bridgehead atoms. The molecule has 5 heteroatoms. The molecule has 20 heavy (non-hydrogen) atoms. The fourth-order valence-electron chi connectivity index (χ4n) is 1.76. The molecule has 1 amide bonds. The second-order valence-corrected chi connectivity index (χ2v) is 5.22. The van der Waals surface area contributed by atoms with Gasteiger partial charge in [-0.1, -0.05) is 26.2 Å². The van der Waals surface area contributed by atoms with Gasteiger partial charge >= 0.3 is 0 Å². The number of carbonyl (C=O) groups excluding carboxylic acids is 1. The number of hydrogen-bond acceptors (Lipinski definition) is 2. The van der Waals surface area contributed by atoms with E-state index in [1.165, 1.54) is 19.3 Å². The highest BCUT2D eigenvalue weighted by atomic mass is 16.1. The number of nitrogens with zero attached hydrogens (tertiary/aromatic N) is 1. The zero-order valence-corrected chi connectivity index (χ0v) is 13.6. The largest absolute Gasteiger partial charge is 0.357 e. The van der Waals surface area contributed by atoms with E-state index in [-0.39, 0.29) is 11.9 Å². The van der Waals surface area contributed by atoms with Crippen LogP contribution >= 0.6 is 0 Å². The van der Waals surface area contributed by atoms with Crippen molar-refractivity contribution in [1.29, 1.82) is 0 Å². The number of carbonyl (C=O) groups is 1. The van der Waals surface area contributed by atoms with Gasteiger partial charge in [-0.05, 0) is 27.2 Å². The second-order valence-electron chi connectivity index (χ2n) is 5.22. The number of amides is 1. The average Bonchev–Trinajstić information content (AvgIpc) is 2.37. The monoisotopic (exact) mass is 284 g/mol. The standard InChI is InChI=1S/C15H32N4O/c1-5-7-8-9-11-17-15(16-6-2)18-12-10-14(20)19-13(3)4/h13H,5-12H2,1-4H3,(H,19,20)(H2,16,17,18). The Morgan fingerprint density at radius 2 is 1.85 bits per heavy atom. The summed E-state index contributed by atoms with van der Waals surface area (Å²) in [5.74, 6) is 0.882. The van der Waals surface area contributed by atoms with Crippen LogP contribution in [0.4, 0.5) is 0 Å². The first-order chi connectivity index (χ1) is 9.60. The topological polar surface area (TPSA) is 65.5 Å². The molecule has 118 valence electrons. The molecule has 0 aromatic rings. The van der Waals surface area contributed by atoms with E-state index >= 15 is 0 Å². The van der Waals surface area contributed by atoms with Gasteiger partial charge in [-0.15, -0.1) is 0 Å². The number of aliphatic imine (C=N–C) groups is 1. The SMILES string of the molecule is CCCCCCN=C(NCC)NCCC(=O)NC(C)C. The molecule has 0 aromatic carbocycles. The van der Waals surface area contributed by atoms with Crippen LogP contribution in [0.15, 0.2) is 4.99 Å². The molecule has 5 nitrogen and oxygen atoms in total. The third-order valence-corrected chi connectivity index (χ3v) is 2.72. The Labute approximate surface area is 124 Å². The third-order valence-electron chi connectivity index (χ3n) is 2.72. The van der Waals surface area contributed by atoms with Crippen molar-refractivity contribution in [3.8, 4) is 0 Å². The second kappa shape index (κ2) is 12.8. The van der Waals surface area contributed by atoms with Crippen LogP contribution in [-0.2, 0) is 4.79 Å². The molecule has 0 fully saturated rings. The number of nitrogens with one attached hydrogen (secondary N) is 3. The molecule has 0 aliphatic rings. The van der Waals surface area contributed by atoms with Crippen molar-refractivity contribution in [2.45, 2.75) is 65.8 Å². The van der Waals surface area contributed by atoms with Crippen molar-refractivity contribution < 1.29 is 4.79 Å². The number of rotatable bonds is 10. The number of hydrogen-bond donors (Lipinski definition) is 3. The molecule has 0 aliphatic heterocycles. The van der Waals surface area contributed by atoms with Gasteiger partial charge in [0.25, 0.3) is 0 Å². The first kappa shape index (κ1) is 18.7. The van der Waals surface area contributed by atoms with Crippen molar-refractivity contribution in [2.75, 3.05) is 19.6 Å². The summed E-state index contributed by atoms with van der Waals surface area (Å²) in [6, 6.07) is 0.197. The third kappa shape index (κ3) is 11.8. The van der Waals surface area contributed by atoms with E-state index in [0.717, 1.165) is 25.5 Å².